The summed E-state index contributed by atoms with van der Waals surface area (Å²) in [5, 5.41) is 11.7. The highest BCUT2D eigenvalue weighted by Crippen LogP contribution is 2.31. The molecule has 1 fully saturated rings. The quantitative estimate of drug-likeness (QED) is 0.634. The molecular weight excluding hydrogens is 316 g/mol. The molecule has 0 N–H and O–H groups in total. The molecule has 8 heteroatoms. The van der Waals surface area contributed by atoms with Crippen LogP contribution in [0.1, 0.15) is 19.8 Å². The molecule has 0 unspecified atom stereocenters. The molecule has 0 saturated carbocycles. The van der Waals surface area contributed by atoms with Gasteiger partial charge >= 0.3 is 0 Å². The van der Waals surface area contributed by atoms with Gasteiger partial charge in [0.2, 0.25) is 5.91 Å². The summed E-state index contributed by atoms with van der Waals surface area (Å²) in [6, 6.07) is 4.74. The van der Waals surface area contributed by atoms with E-state index < -0.39 is 4.92 Å². The number of anilines is 1. The van der Waals surface area contributed by atoms with Crippen molar-refractivity contribution in [3.05, 3.63) is 28.3 Å². The average Bonchev–Trinajstić information content (AvgIpc) is 2.98. The molecule has 23 heavy (non-hydrogen) atoms. The number of nitro groups is 1. The van der Waals surface area contributed by atoms with Gasteiger partial charge in [-0.3, -0.25) is 14.9 Å². The van der Waals surface area contributed by atoms with Crippen molar-refractivity contribution in [2.75, 3.05) is 31.1 Å². The maximum absolute atomic E-state index is 11.9. The minimum absolute atomic E-state index is 0.0858. The Labute approximate surface area is 137 Å². The number of amides is 1. The lowest BCUT2D eigenvalue weighted by Gasteiger charge is -2.34. The van der Waals surface area contributed by atoms with Gasteiger partial charge in [0.1, 0.15) is 0 Å². The lowest BCUT2D eigenvalue weighted by atomic mass is 10.2. The van der Waals surface area contributed by atoms with E-state index in [9.17, 15) is 14.9 Å². The molecule has 7 nitrogen and oxygen atoms in total. The Bertz CT molecular complexity index is 737. The molecule has 1 aromatic carbocycles. The van der Waals surface area contributed by atoms with Gasteiger partial charge in [0.25, 0.3) is 5.69 Å². The summed E-state index contributed by atoms with van der Waals surface area (Å²) in [4.78, 5) is 31.0. The third-order valence-corrected chi connectivity index (χ3v) is 5.02. The zero-order chi connectivity index (χ0) is 16.4. The molecule has 2 heterocycles. The predicted molar refractivity (Wildman–Crippen MR) is 90.0 cm³/mol. The highest BCUT2D eigenvalue weighted by molar-refractivity contribution is 7.22. The van der Waals surface area contributed by atoms with Gasteiger partial charge in [-0.15, -0.1) is 0 Å². The van der Waals surface area contributed by atoms with Crippen molar-refractivity contribution in [2.24, 2.45) is 0 Å². The average molecular weight is 334 g/mol. The molecule has 1 aliphatic rings. The normalized spacial score (nSPS) is 15.2. The molecule has 2 aromatic rings. The predicted octanol–water partition coefficient (Wildman–Crippen LogP) is 2.65. The van der Waals surface area contributed by atoms with Gasteiger partial charge in [0, 0.05) is 44.7 Å². The largest absolute Gasteiger partial charge is 0.345 e. The Morgan fingerprint density at radius 3 is 2.74 bits per heavy atom. The zero-order valence-electron chi connectivity index (χ0n) is 12.9. The number of nitrogens with zero attached hydrogens (tertiary/aromatic N) is 4. The number of rotatable bonds is 4. The third-order valence-electron chi connectivity index (χ3n) is 3.94. The lowest BCUT2D eigenvalue weighted by molar-refractivity contribution is -0.384. The van der Waals surface area contributed by atoms with Gasteiger partial charge in [0.15, 0.2) is 5.13 Å². The first-order valence-corrected chi connectivity index (χ1v) is 8.48. The molecule has 0 radical (unpaired) electrons. The van der Waals surface area contributed by atoms with E-state index in [-0.39, 0.29) is 11.6 Å². The van der Waals surface area contributed by atoms with Crippen molar-refractivity contribution >= 4 is 38.3 Å². The standard InChI is InChI=1S/C15H18N4O3S/c1-2-3-14(20)17-6-8-18(9-7-17)15-16-12-5-4-11(19(21)22)10-13(12)23-15/h4-5,10H,2-3,6-9H2,1H3. The highest BCUT2D eigenvalue weighted by atomic mass is 32.1. The molecule has 0 atom stereocenters. The molecule has 1 saturated heterocycles. The fourth-order valence-electron chi connectivity index (χ4n) is 2.67. The summed E-state index contributed by atoms with van der Waals surface area (Å²) in [6.45, 7) is 4.91. The second-order valence-electron chi connectivity index (χ2n) is 5.52. The van der Waals surface area contributed by atoms with Gasteiger partial charge in [-0.2, -0.15) is 0 Å². The monoisotopic (exact) mass is 334 g/mol. The number of hydrogen-bond acceptors (Lipinski definition) is 6. The van der Waals surface area contributed by atoms with E-state index in [1.807, 2.05) is 11.8 Å². The van der Waals surface area contributed by atoms with Crippen LogP contribution >= 0.6 is 11.3 Å². The first-order valence-electron chi connectivity index (χ1n) is 7.66. The van der Waals surface area contributed by atoms with E-state index in [0.29, 0.717) is 19.5 Å². The number of piperazine rings is 1. The number of nitro benzene ring substituents is 1. The lowest BCUT2D eigenvalue weighted by Crippen LogP contribution is -2.48. The highest BCUT2D eigenvalue weighted by Gasteiger charge is 2.22. The molecule has 1 amide bonds. The Hall–Kier alpha value is -2.22. The number of fused-ring (bicyclic) bond motifs is 1. The maximum Gasteiger partial charge on any atom is 0.270 e. The molecule has 0 bridgehead atoms. The van der Waals surface area contributed by atoms with Crippen molar-refractivity contribution in [2.45, 2.75) is 19.8 Å². The minimum Gasteiger partial charge on any atom is -0.345 e. The number of non-ortho nitro benzene ring substituents is 1. The van der Waals surface area contributed by atoms with Crippen LogP contribution < -0.4 is 4.90 Å². The summed E-state index contributed by atoms with van der Waals surface area (Å²) >= 11 is 1.46. The number of carbonyl (C=O) groups is 1. The van der Waals surface area contributed by atoms with Crippen LogP contribution in [0.3, 0.4) is 0 Å². The fraction of sp³-hybridized carbons (Fsp3) is 0.467. The van der Waals surface area contributed by atoms with Crippen LogP contribution in [-0.2, 0) is 4.79 Å². The van der Waals surface area contributed by atoms with Gasteiger partial charge in [-0.25, -0.2) is 4.98 Å². The molecule has 0 aliphatic carbocycles. The van der Waals surface area contributed by atoms with E-state index in [1.54, 1.807) is 12.1 Å². The van der Waals surface area contributed by atoms with E-state index in [1.165, 1.54) is 17.4 Å². The minimum atomic E-state index is -0.392. The topological polar surface area (TPSA) is 79.6 Å². The van der Waals surface area contributed by atoms with Crippen molar-refractivity contribution < 1.29 is 9.72 Å². The number of carbonyl (C=O) groups excluding carboxylic acids is 1. The molecule has 3 rings (SSSR count). The van der Waals surface area contributed by atoms with Crippen molar-refractivity contribution in [3.63, 3.8) is 0 Å². The molecule has 1 aliphatic heterocycles. The van der Waals surface area contributed by atoms with Gasteiger partial charge in [-0.05, 0) is 12.5 Å². The Morgan fingerprint density at radius 2 is 2.09 bits per heavy atom. The van der Waals surface area contributed by atoms with Crippen LogP contribution in [0.5, 0.6) is 0 Å². The smallest absolute Gasteiger partial charge is 0.270 e. The van der Waals surface area contributed by atoms with Crippen molar-refractivity contribution in [3.8, 4) is 0 Å². The van der Waals surface area contributed by atoms with Gasteiger partial charge < -0.3 is 9.80 Å². The SMILES string of the molecule is CCCC(=O)N1CCN(c2nc3ccc([N+](=O)[O-])cc3s2)CC1. The van der Waals surface area contributed by atoms with Crippen LogP contribution in [-0.4, -0.2) is 46.9 Å². The second kappa shape index (κ2) is 6.49. The summed E-state index contributed by atoms with van der Waals surface area (Å²) in [5.74, 6) is 0.215. The van der Waals surface area contributed by atoms with Gasteiger partial charge in [0.05, 0.1) is 15.1 Å². The number of thiazole rings is 1. The van der Waals surface area contributed by atoms with Crippen LogP contribution in [0.4, 0.5) is 10.8 Å². The molecule has 0 spiro atoms. The van der Waals surface area contributed by atoms with Crippen molar-refractivity contribution in [1.29, 1.82) is 0 Å². The Balaban J connectivity index is 1.72. The van der Waals surface area contributed by atoms with E-state index in [0.717, 1.165) is 34.9 Å². The molecule has 1 aromatic heterocycles. The molecule has 122 valence electrons. The molecular formula is C15H18N4O3S. The number of benzene rings is 1. The van der Waals surface area contributed by atoms with E-state index in [2.05, 4.69) is 9.88 Å². The summed E-state index contributed by atoms with van der Waals surface area (Å²) < 4.78 is 0.818. The Kier molecular flexibility index (Phi) is 4.42. The summed E-state index contributed by atoms with van der Waals surface area (Å²) in [7, 11) is 0. The van der Waals surface area contributed by atoms with E-state index in [4.69, 9.17) is 0 Å². The van der Waals surface area contributed by atoms with Crippen LogP contribution in [0, 0.1) is 10.1 Å². The van der Waals surface area contributed by atoms with Crippen molar-refractivity contribution in [1.82, 2.24) is 9.88 Å². The fourth-order valence-corrected chi connectivity index (χ4v) is 3.72. The van der Waals surface area contributed by atoms with Crippen LogP contribution in [0.2, 0.25) is 0 Å². The number of aromatic nitrogens is 1. The summed E-state index contributed by atoms with van der Waals surface area (Å²) in [6.07, 6.45) is 1.47. The maximum atomic E-state index is 11.9. The summed E-state index contributed by atoms with van der Waals surface area (Å²) in [5.41, 5.74) is 0.864. The second-order valence-corrected chi connectivity index (χ2v) is 6.53. The zero-order valence-corrected chi connectivity index (χ0v) is 13.7. The van der Waals surface area contributed by atoms with Gasteiger partial charge in [-0.1, -0.05) is 18.3 Å². The first-order chi connectivity index (χ1) is 11.1. The first kappa shape index (κ1) is 15.7. The Morgan fingerprint density at radius 1 is 1.35 bits per heavy atom. The van der Waals surface area contributed by atoms with Crippen LogP contribution in [0.15, 0.2) is 18.2 Å². The third kappa shape index (κ3) is 3.26. The van der Waals surface area contributed by atoms with E-state index >= 15 is 0 Å². The number of hydrogen-bond donors (Lipinski definition) is 0. The van der Waals surface area contributed by atoms with Crippen LogP contribution in [0.25, 0.3) is 10.2 Å².